The molecule has 0 saturated carbocycles. The highest BCUT2D eigenvalue weighted by atomic mass is 16.5. The van der Waals surface area contributed by atoms with Crippen molar-refractivity contribution in [1.29, 1.82) is 0 Å². The Morgan fingerprint density at radius 2 is 2.06 bits per heavy atom. The first-order valence-electron chi connectivity index (χ1n) is 6.03. The lowest BCUT2D eigenvalue weighted by Gasteiger charge is -2.06. The van der Waals surface area contributed by atoms with Crippen LogP contribution >= 0.6 is 0 Å². The van der Waals surface area contributed by atoms with E-state index in [1.165, 1.54) is 7.11 Å². The van der Waals surface area contributed by atoms with Gasteiger partial charge in [0.1, 0.15) is 0 Å². The summed E-state index contributed by atoms with van der Waals surface area (Å²) in [5.74, 6) is -0.606. The van der Waals surface area contributed by atoms with Gasteiger partial charge in [-0.25, -0.2) is 4.79 Å². The van der Waals surface area contributed by atoms with E-state index in [1.807, 2.05) is 38.1 Å². The molecule has 1 heterocycles. The van der Waals surface area contributed by atoms with Gasteiger partial charge in [0.05, 0.1) is 7.11 Å². The predicted octanol–water partition coefficient (Wildman–Crippen LogP) is 2.27. The van der Waals surface area contributed by atoms with Gasteiger partial charge in [-0.1, -0.05) is 32.0 Å². The van der Waals surface area contributed by atoms with Crippen LogP contribution in [0.2, 0.25) is 0 Å². The Hall–Kier alpha value is -1.81. The summed E-state index contributed by atoms with van der Waals surface area (Å²) in [6.07, 6.45) is 0.956. The van der Waals surface area contributed by atoms with E-state index >= 15 is 0 Å². The molecule has 4 heteroatoms. The Labute approximate surface area is 107 Å². The molecule has 0 saturated heterocycles. The molecule has 2 N–H and O–H groups in total. The minimum absolute atomic E-state index is 0.261. The summed E-state index contributed by atoms with van der Waals surface area (Å²) in [6.45, 7) is 4.00. The fourth-order valence-corrected chi connectivity index (χ4v) is 1.73. The molecule has 0 fully saturated rings. The number of esters is 1. The standard InChI is InChI=1S/C12H13NO3.C2H6/c1-16-12(15)11(14)6-8-7-13-10-5-3-2-4-9(8)10;1-2/h2-5,7,11,13-14H,6H2,1H3;1-2H3. The highest BCUT2D eigenvalue weighted by Crippen LogP contribution is 2.19. The summed E-state index contributed by atoms with van der Waals surface area (Å²) in [5, 5.41) is 10.6. The van der Waals surface area contributed by atoms with Crippen LogP contribution in [-0.4, -0.2) is 29.3 Å². The van der Waals surface area contributed by atoms with Crippen molar-refractivity contribution >= 4 is 16.9 Å². The number of aromatic amines is 1. The zero-order valence-electron chi connectivity index (χ0n) is 10.9. The monoisotopic (exact) mass is 249 g/mol. The second-order valence-corrected chi connectivity index (χ2v) is 3.60. The third kappa shape index (κ3) is 3.11. The molecular formula is C14H19NO3. The van der Waals surface area contributed by atoms with Crippen LogP contribution in [0.3, 0.4) is 0 Å². The number of aromatic nitrogens is 1. The van der Waals surface area contributed by atoms with E-state index in [-0.39, 0.29) is 6.42 Å². The largest absolute Gasteiger partial charge is 0.467 e. The number of hydrogen-bond acceptors (Lipinski definition) is 3. The molecule has 1 aromatic heterocycles. The number of nitrogens with one attached hydrogen (secondary N) is 1. The third-order valence-corrected chi connectivity index (χ3v) is 2.56. The van der Waals surface area contributed by atoms with Gasteiger partial charge >= 0.3 is 5.97 Å². The van der Waals surface area contributed by atoms with Crippen molar-refractivity contribution in [3.63, 3.8) is 0 Å². The third-order valence-electron chi connectivity index (χ3n) is 2.56. The first-order valence-corrected chi connectivity index (χ1v) is 6.03. The summed E-state index contributed by atoms with van der Waals surface area (Å²) >= 11 is 0. The Balaban J connectivity index is 0.000000771. The SMILES string of the molecule is CC.COC(=O)C(O)Cc1c[nH]c2ccccc12. The van der Waals surface area contributed by atoms with Gasteiger partial charge in [0.2, 0.25) is 0 Å². The van der Waals surface area contributed by atoms with Crippen LogP contribution in [0, 0.1) is 0 Å². The summed E-state index contributed by atoms with van der Waals surface area (Å²) < 4.78 is 4.47. The molecule has 98 valence electrons. The predicted molar refractivity (Wildman–Crippen MR) is 71.4 cm³/mol. The quantitative estimate of drug-likeness (QED) is 0.820. The Morgan fingerprint density at radius 1 is 1.39 bits per heavy atom. The number of aliphatic hydroxyl groups excluding tert-OH is 1. The number of hydrogen-bond donors (Lipinski definition) is 2. The van der Waals surface area contributed by atoms with E-state index in [0.717, 1.165) is 16.5 Å². The van der Waals surface area contributed by atoms with Crippen molar-refractivity contribution in [3.8, 4) is 0 Å². The van der Waals surface area contributed by atoms with Crippen LogP contribution < -0.4 is 0 Å². The molecule has 0 aliphatic rings. The molecule has 0 spiro atoms. The highest BCUT2D eigenvalue weighted by Gasteiger charge is 2.17. The Morgan fingerprint density at radius 3 is 2.72 bits per heavy atom. The minimum Gasteiger partial charge on any atom is -0.467 e. The van der Waals surface area contributed by atoms with Crippen molar-refractivity contribution in [2.75, 3.05) is 7.11 Å². The fourth-order valence-electron chi connectivity index (χ4n) is 1.73. The van der Waals surface area contributed by atoms with E-state index in [1.54, 1.807) is 6.20 Å². The van der Waals surface area contributed by atoms with Gasteiger partial charge < -0.3 is 14.8 Å². The Kier molecular flexibility index (Phi) is 5.39. The molecule has 0 aliphatic heterocycles. The summed E-state index contributed by atoms with van der Waals surface area (Å²) in [5.41, 5.74) is 1.91. The maximum atomic E-state index is 11.1. The Bertz CT molecular complexity index is 504. The van der Waals surface area contributed by atoms with Crippen molar-refractivity contribution < 1.29 is 14.6 Å². The average molecular weight is 249 g/mol. The maximum Gasteiger partial charge on any atom is 0.335 e. The van der Waals surface area contributed by atoms with Crippen LogP contribution in [0.5, 0.6) is 0 Å². The van der Waals surface area contributed by atoms with Crippen LogP contribution in [-0.2, 0) is 16.0 Å². The van der Waals surface area contributed by atoms with Gasteiger partial charge in [-0.3, -0.25) is 0 Å². The zero-order chi connectivity index (χ0) is 13.5. The number of para-hydroxylation sites is 1. The van der Waals surface area contributed by atoms with Crippen LogP contribution in [0.25, 0.3) is 10.9 Å². The lowest BCUT2D eigenvalue weighted by molar-refractivity contribution is -0.150. The van der Waals surface area contributed by atoms with E-state index < -0.39 is 12.1 Å². The molecule has 1 unspecified atom stereocenters. The lowest BCUT2D eigenvalue weighted by Crippen LogP contribution is -2.23. The molecular weight excluding hydrogens is 230 g/mol. The van der Waals surface area contributed by atoms with E-state index in [0.29, 0.717) is 0 Å². The first-order chi connectivity index (χ1) is 8.72. The van der Waals surface area contributed by atoms with Gasteiger partial charge in [0.25, 0.3) is 0 Å². The molecule has 0 amide bonds. The van der Waals surface area contributed by atoms with Gasteiger partial charge in [-0.2, -0.15) is 0 Å². The van der Waals surface area contributed by atoms with Gasteiger partial charge in [0.15, 0.2) is 6.10 Å². The van der Waals surface area contributed by atoms with Crippen LogP contribution in [0.4, 0.5) is 0 Å². The number of carbonyl (C=O) groups excluding carboxylic acids is 1. The number of rotatable bonds is 3. The highest BCUT2D eigenvalue weighted by molar-refractivity contribution is 5.84. The van der Waals surface area contributed by atoms with E-state index in [9.17, 15) is 9.90 Å². The molecule has 1 atom stereocenters. The summed E-state index contributed by atoms with van der Waals surface area (Å²) in [7, 11) is 1.26. The average Bonchev–Trinajstić information content (AvgIpc) is 2.83. The summed E-state index contributed by atoms with van der Waals surface area (Å²) in [6, 6.07) is 7.75. The van der Waals surface area contributed by atoms with Crippen molar-refractivity contribution in [1.82, 2.24) is 4.98 Å². The first kappa shape index (κ1) is 14.3. The molecule has 0 aliphatic carbocycles. The zero-order valence-corrected chi connectivity index (χ0v) is 10.9. The molecule has 0 radical (unpaired) electrons. The number of H-pyrrole nitrogens is 1. The smallest absolute Gasteiger partial charge is 0.335 e. The molecule has 2 aromatic rings. The van der Waals surface area contributed by atoms with Crippen molar-refractivity contribution in [2.24, 2.45) is 0 Å². The summed E-state index contributed by atoms with van der Waals surface area (Å²) in [4.78, 5) is 14.2. The van der Waals surface area contributed by atoms with E-state index in [2.05, 4.69) is 9.72 Å². The number of benzene rings is 1. The second-order valence-electron chi connectivity index (χ2n) is 3.60. The topological polar surface area (TPSA) is 62.3 Å². The minimum atomic E-state index is -1.11. The van der Waals surface area contributed by atoms with Crippen molar-refractivity contribution in [2.45, 2.75) is 26.4 Å². The number of methoxy groups -OCH3 is 1. The molecule has 1 aromatic carbocycles. The van der Waals surface area contributed by atoms with Gasteiger partial charge in [0, 0.05) is 23.5 Å². The number of fused-ring (bicyclic) bond motifs is 1. The maximum absolute atomic E-state index is 11.1. The second kappa shape index (κ2) is 6.81. The van der Waals surface area contributed by atoms with Crippen LogP contribution in [0.1, 0.15) is 19.4 Å². The van der Waals surface area contributed by atoms with Gasteiger partial charge in [-0.05, 0) is 11.6 Å². The molecule has 0 bridgehead atoms. The normalized spacial score (nSPS) is 11.6. The van der Waals surface area contributed by atoms with Gasteiger partial charge in [-0.15, -0.1) is 0 Å². The lowest BCUT2D eigenvalue weighted by atomic mass is 10.1. The van der Waals surface area contributed by atoms with Crippen molar-refractivity contribution in [3.05, 3.63) is 36.0 Å². The molecule has 2 rings (SSSR count). The number of aliphatic hydroxyl groups is 1. The molecule has 18 heavy (non-hydrogen) atoms. The van der Waals surface area contributed by atoms with Crippen LogP contribution in [0.15, 0.2) is 30.5 Å². The number of ether oxygens (including phenoxy) is 1. The van der Waals surface area contributed by atoms with E-state index in [4.69, 9.17) is 0 Å². The fraction of sp³-hybridized carbons (Fsp3) is 0.357. The molecule has 4 nitrogen and oxygen atoms in total. The number of carbonyl (C=O) groups is 1.